The molecular formula is C11H19NO2S2. The molecule has 92 valence electrons. The molecule has 0 bridgehead atoms. The molecule has 0 spiro atoms. The molecule has 1 heterocycles. The number of thiocarbonyl (C=S) groups is 1. The molecule has 5 heteroatoms. The summed E-state index contributed by atoms with van der Waals surface area (Å²) < 4.78 is 5.75. The summed E-state index contributed by atoms with van der Waals surface area (Å²) in [4.78, 5) is 13.4. The maximum absolute atomic E-state index is 11.5. The van der Waals surface area contributed by atoms with Crippen LogP contribution in [0.5, 0.6) is 0 Å². The number of amides is 1. The number of hydrogen-bond acceptors (Lipinski definition) is 4. The van der Waals surface area contributed by atoms with Crippen LogP contribution in [0.1, 0.15) is 33.6 Å². The molecular weight excluding hydrogens is 242 g/mol. The zero-order chi connectivity index (χ0) is 12.2. The number of rotatable bonds is 4. The topological polar surface area (TPSA) is 29.5 Å². The maximum Gasteiger partial charge on any atom is 0.222 e. The van der Waals surface area contributed by atoms with Gasteiger partial charge in [-0.05, 0) is 39.4 Å². The summed E-state index contributed by atoms with van der Waals surface area (Å²) >= 11 is 6.64. The number of hydrogen-bond donors (Lipinski definition) is 0. The van der Waals surface area contributed by atoms with E-state index in [1.807, 2.05) is 11.8 Å². The fourth-order valence-electron chi connectivity index (χ4n) is 1.74. The van der Waals surface area contributed by atoms with Crippen molar-refractivity contribution in [2.24, 2.45) is 0 Å². The summed E-state index contributed by atoms with van der Waals surface area (Å²) in [6.45, 7) is 8.32. The summed E-state index contributed by atoms with van der Waals surface area (Å²) in [5.41, 5.74) is 0. The first kappa shape index (κ1) is 13.8. The van der Waals surface area contributed by atoms with Gasteiger partial charge in [0.1, 0.15) is 0 Å². The van der Waals surface area contributed by atoms with Crippen LogP contribution in [0, 0.1) is 0 Å². The van der Waals surface area contributed by atoms with Gasteiger partial charge in [-0.3, -0.25) is 4.79 Å². The lowest BCUT2D eigenvalue weighted by atomic mass is 10.2. The Balaban J connectivity index is 2.44. The summed E-state index contributed by atoms with van der Waals surface area (Å²) in [5.74, 6) is 0.260. The SMILES string of the molecule is CCOC(=S)SC(C)(C)CN1CCCC1=O. The Kier molecular flexibility index (Phi) is 5.05. The zero-order valence-corrected chi connectivity index (χ0v) is 11.7. The van der Waals surface area contributed by atoms with Crippen molar-refractivity contribution in [1.82, 2.24) is 4.90 Å². The third-order valence-electron chi connectivity index (χ3n) is 2.36. The number of thioether (sulfide) groups is 1. The van der Waals surface area contributed by atoms with Crippen LogP contribution in [-0.2, 0) is 9.53 Å². The second-order valence-corrected chi connectivity index (χ2v) is 6.77. The van der Waals surface area contributed by atoms with Crippen LogP contribution in [0.25, 0.3) is 0 Å². The highest BCUT2D eigenvalue weighted by Gasteiger charge is 2.29. The number of likely N-dealkylation sites (tertiary alicyclic amines) is 1. The Labute approximate surface area is 107 Å². The molecule has 0 saturated carbocycles. The number of nitrogens with zero attached hydrogens (tertiary/aromatic N) is 1. The lowest BCUT2D eigenvalue weighted by molar-refractivity contribution is -0.127. The van der Waals surface area contributed by atoms with Crippen molar-refractivity contribution in [1.29, 1.82) is 0 Å². The van der Waals surface area contributed by atoms with Crippen molar-refractivity contribution in [2.45, 2.75) is 38.4 Å². The van der Waals surface area contributed by atoms with E-state index in [1.165, 1.54) is 11.8 Å². The van der Waals surface area contributed by atoms with Crippen LogP contribution < -0.4 is 0 Å². The van der Waals surface area contributed by atoms with E-state index in [9.17, 15) is 4.79 Å². The molecule has 1 aliphatic rings. The highest BCUT2D eigenvalue weighted by atomic mass is 32.2. The second kappa shape index (κ2) is 5.87. The first-order valence-electron chi connectivity index (χ1n) is 5.58. The van der Waals surface area contributed by atoms with E-state index in [0.717, 1.165) is 19.5 Å². The minimum absolute atomic E-state index is 0.0771. The standard InChI is InChI=1S/C11H19NO2S2/c1-4-14-10(15)16-11(2,3)8-12-7-5-6-9(12)13/h4-8H2,1-3H3. The number of carbonyl (C=O) groups excluding carboxylic acids is 1. The molecule has 0 atom stereocenters. The van der Waals surface area contributed by atoms with Crippen molar-refractivity contribution >= 4 is 34.3 Å². The van der Waals surface area contributed by atoms with E-state index in [4.69, 9.17) is 17.0 Å². The van der Waals surface area contributed by atoms with Gasteiger partial charge in [0, 0.05) is 24.3 Å². The quantitative estimate of drug-likeness (QED) is 0.727. The van der Waals surface area contributed by atoms with Gasteiger partial charge in [-0.25, -0.2) is 0 Å². The van der Waals surface area contributed by atoms with Gasteiger partial charge < -0.3 is 9.64 Å². The molecule has 1 saturated heterocycles. The predicted molar refractivity (Wildman–Crippen MR) is 71.7 cm³/mol. The molecule has 1 fully saturated rings. The van der Waals surface area contributed by atoms with Crippen LogP contribution in [0.15, 0.2) is 0 Å². The highest BCUT2D eigenvalue weighted by molar-refractivity contribution is 8.23. The summed E-state index contributed by atoms with van der Waals surface area (Å²) in [6.07, 6.45) is 1.67. The van der Waals surface area contributed by atoms with Crippen molar-refractivity contribution in [3.05, 3.63) is 0 Å². The van der Waals surface area contributed by atoms with Gasteiger partial charge >= 0.3 is 0 Å². The lowest BCUT2D eigenvalue weighted by Gasteiger charge is -2.29. The lowest BCUT2D eigenvalue weighted by Crippen LogP contribution is -2.38. The highest BCUT2D eigenvalue weighted by Crippen LogP contribution is 2.29. The molecule has 16 heavy (non-hydrogen) atoms. The minimum Gasteiger partial charge on any atom is -0.479 e. The Bertz CT molecular complexity index is 279. The van der Waals surface area contributed by atoms with E-state index in [1.54, 1.807) is 0 Å². The maximum atomic E-state index is 11.5. The fourth-order valence-corrected chi connectivity index (χ4v) is 3.38. The Morgan fingerprint density at radius 1 is 1.62 bits per heavy atom. The van der Waals surface area contributed by atoms with Crippen LogP contribution >= 0.6 is 24.0 Å². The molecule has 1 aliphatic heterocycles. The third-order valence-corrected chi connectivity index (χ3v) is 3.70. The van der Waals surface area contributed by atoms with Crippen LogP contribution in [-0.4, -0.2) is 39.6 Å². The minimum atomic E-state index is -0.0771. The normalized spacial score (nSPS) is 16.7. The number of carbonyl (C=O) groups is 1. The Morgan fingerprint density at radius 2 is 2.31 bits per heavy atom. The Hall–Kier alpha value is -0.290. The van der Waals surface area contributed by atoms with Gasteiger partial charge in [-0.2, -0.15) is 0 Å². The first-order chi connectivity index (χ1) is 7.44. The largest absolute Gasteiger partial charge is 0.479 e. The first-order valence-corrected chi connectivity index (χ1v) is 6.80. The molecule has 3 nitrogen and oxygen atoms in total. The molecule has 0 radical (unpaired) electrons. The molecule has 1 amide bonds. The van der Waals surface area contributed by atoms with Gasteiger partial charge in [-0.1, -0.05) is 11.8 Å². The molecule has 0 N–H and O–H groups in total. The van der Waals surface area contributed by atoms with Gasteiger partial charge in [0.05, 0.1) is 6.61 Å². The van der Waals surface area contributed by atoms with E-state index in [2.05, 4.69) is 13.8 Å². The van der Waals surface area contributed by atoms with Crippen molar-refractivity contribution in [3.8, 4) is 0 Å². The smallest absolute Gasteiger partial charge is 0.222 e. The van der Waals surface area contributed by atoms with E-state index in [-0.39, 0.29) is 10.7 Å². The third kappa shape index (κ3) is 4.29. The van der Waals surface area contributed by atoms with E-state index in [0.29, 0.717) is 17.4 Å². The van der Waals surface area contributed by atoms with Gasteiger partial charge in [0.2, 0.25) is 10.3 Å². The predicted octanol–water partition coefficient (Wildman–Crippen LogP) is 2.44. The number of ether oxygens (including phenoxy) is 1. The second-order valence-electron chi connectivity index (χ2n) is 4.46. The van der Waals surface area contributed by atoms with E-state index >= 15 is 0 Å². The molecule has 1 rings (SSSR count). The van der Waals surface area contributed by atoms with Crippen molar-refractivity contribution < 1.29 is 9.53 Å². The average molecular weight is 261 g/mol. The monoisotopic (exact) mass is 261 g/mol. The Morgan fingerprint density at radius 3 is 2.81 bits per heavy atom. The van der Waals surface area contributed by atoms with Gasteiger partial charge in [-0.15, -0.1) is 0 Å². The molecule has 0 unspecified atom stereocenters. The van der Waals surface area contributed by atoms with E-state index < -0.39 is 0 Å². The summed E-state index contributed by atoms with van der Waals surface area (Å²) in [6, 6.07) is 0. The van der Waals surface area contributed by atoms with Gasteiger partial charge in [0.15, 0.2) is 0 Å². The molecule has 0 aromatic carbocycles. The summed E-state index contributed by atoms with van der Waals surface area (Å²) in [7, 11) is 0. The molecule has 0 aromatic heterocycles. The molecule has 0 aliphatic carbocycles. The molecule has 0 aromatic rings. The van der Waals surface area contributed by atoms with Crippen LogP contribution in [0.3, 0.4) is 0 Å². The van der Waals surface area contributed by atoms with Gasteiger partial charge in [0.25, 0.3) is 0 Å². The fraction of sp³-hybridized carbons (Fsp3) is 0.818. The van der Waals surface area contributed by atoms with Crippen LogP contribution in [0.2, 0.25) is 0 Å². The van der Waals surface area contributed by atoms with Crippen LogP contribution in [0.4, 0.5) is 0 Å². The zero-order valence-electron chi connectivity index (χ0n) is 10.1. The average Bonchev–Trinajstić information content (AvgIpc) is 2.50. The summed E-state index contributed by atoms with van der Waals surface area (Å²) in [5, 5.41) is 0. The van der Waals surface area contributed by atoms with Crippen molar-refractivity contribution in [2.75, 3.05) is 19.7 Å². The van der Waals surface area contributed by atoms with Crippen molar-refractivity contribution in [3.63, 3.8) is 0 Å².